The Kier molecular flexibility index (Phi) is 3.52. The molecule has 0 aliphatic carbocycles. The van der Waals surface area contributed by atoms with E-state index in [1.165, 1.54) is 21.7 Å². The molecule has 0 saturated heterocycles. The quantitative estimate of drug-likeness (QED) is 0.938. The van der Waals surface area contributed by atoms with Crippen molar-refractivity contribution in [3.63, 3.8) is 0 Å². The lowest BCUT2D eigenvalue weighted by Crippen LogP contribution is -2.12. The zero-order valence-electron chi connectivity index (χ0n) is 12.5. The topological polar surface area (TPSA) is 28.2 Å². The Balaban J connectivity index is 2.06. The van der Waals surface area contributed by atoms with Gasteiger partial charge in [-0.25, -0.2) is 4.98 Å². The first kappa shape index (κ1) is 13.6. The van der Waals surface area contributed by atoms with Crippen LogP contribution >= 0.6 is 11.3 Å². The number of fused-ring (bicyclic) bond motifs is 1. The molecule has 106 valence electrons. The number of rotatable bonds is 3. The van der Waals surface area contributed by atoms with E-state index in [-0.39, 0.29) is 0 Å². The second-order valence-corrected chi connectivity index (χ2v) is 6.71. The molecule has 0 bridgehead atoms. The summed E-state index contributed by atoms with van der Waals surface area (Å²) in [7, 11) is 4.16. The lowest BCUT2D eigenvalue weighted by molar-refractivity contribution is 0.664. The van der Waals surface area contributed by atoms with E-state index >= 15 is 0 Å². The Hall–Kier alpha value is -1.39. The number of thiazole rings is 1. The highest BCUT2D eigenvalue weighted by Crippen LogP contribution is 2.36. The van der Waals surface area contributed by atoms with Gasteiger partial charge in [0.2, 0.25) is 0 Å². The number of nitrogens with zero attached hydrogens (tertiary/aromatic N) is 2. The summed E-state index contributed by atoms with van der Waals surface area (Å²) < 4.78 is 0. The van der Waals surface area contributed by atoms with Crippen molar-refractivity contribution in [2.75, 3.05) is 25.5 Å². The van der Waals surface area contributed by atoms with Gasteiger partial charge in [0.25, 0.3) is 0 Å². The predicted octanol–water partition coefficient (Wildman–Crippen LogP) is 3.39. The van der Waals surface area contributed by atoms with Crippen molar-refractivity contribution in [2.45, 2.75) is 26.3 Å². The highest BCUT2D eigenvalue weighted by Gasteiger charge is 2.20. The van der Waals surface area contributed by atoms with Gasteiger partial charge in [-0.1, -0.05) is 6.07 Å². The molecule has 2 aromatic rings. The molecule has 3 rings (SSSR count). The molecule has 0 fully saturated rings. The molecule has 4 heteroatoms. The highest BCUT2D eigenvalue weighted by molar-refractivity contribution is 7.12. The first-order valence-electron chi connectivity index (χ1n) is 7.09. The van der Waals surface area contributed by atoms with E-state index in [9.17, 15) is 0 Å². The maximum Gasteiger partial charge on any atom is 0.0905 e. The molecule has 20 heavy (non-hydrogen) atoms. The van der Waals surface area contributed by atoms with Crippen LogP contribution in [0.5, 0.6) is 0 Å². The molecule has 0 spiro atoms. The number of likely N-dealkylation sites (N-methyl/N-ethyl adjacent to an activating group) is 1. The van der Waals surface area contributed by atoms with Crippen molar-refractivity contribution in [2.24, 2.45) is 0 Å². The third-order valence-corrected chi connectivity index (χ3v) is 5.22. The summed E-state index contributed by atoms with van der Waals surface area (Å²) in [5, 5.41) is 4.46. The van der Waals surface area contributed by atoms with Crippen LogP contribution in [0.15, 0.2) is 18.2 Å². The summed E-state index contributed by atoms with van der Waals surface area (Å²) in [6.07, 6.45) is 1.14. The number of hydrogen-bond donors (Lipinski definition) is 1. The van der Waals surface area contributed by atoms with Gasteiger partial charge in [0.1, 0.15) is 0 Å². The Morgan fingerprint density at radius 1 is 1.40 bits per heavy atom. The molecule has 1 unspecified atom stereocenters. The molecular formula is C16H21N3S. The number of aryl methyl sites for hydroxylation is 1. The molecule has 0 saturated carbocycles. The standard InChI is InChI=1S/C16H21N3S/c1-10(17-3)16-15(18-11(2)20-16)13-5-6-14-12(9-13)7-8-19(14)4/h5-6,9-10,17H,7-8H2,1-4H3. The van der Waals surface area contributed by atoms with Crippen LogP contribution in [0.3, 0.4) is 0 Å². The Labute approximate surface area is 124 Å². The lowest BCUT2D eigenvalue weighted by Gasteiger charge is -2.13. The third-order valence-electron chi connectivity index (χ3n) is 4.07. The zero-order valence-corrected chi connectivity index (χ0v) is 13.3. The second kappa shape index (κ2) is 5.19. The summed E-state index contributed by atoms with van der Waals surface area (Å²) in [5.74, 6) is 0. The molecule has 1 N–H and O–H groups in total. The van der Waals surface area contributed by atoms with E-state index < -0.39 is 0 Å². The van der Waals surface area contributed by atoms with Gasteiger partial charge < -0.3 is 10.2 Å². The second-order valence-electron chi connectivity index (χ2n) is 5.47. The minimum Gasteiger partial charge on any atom is -0.374 e. The summed E-state index contributed by atoms with van der Waals surface area (Å²) in [6, 6.07) is 7.10. The monoisotopic (exact) mass is 287 g/mol. The van der Waals surface area contributed by atoms with Crippen LogP contribution in [0, 0.1) is 6.92 Å². The number of hydrogen-bond acceptors (Lipinski definition) is 4. The zero-order chi connectivity index (χ0) is 14.3. The van der Waals surface area contributed by atoms with Crippen LogP contribution in [0.25, 0.3) is 11.3 Å². The third kappa shape index (κ3) is 2.23. The molecule has 1 aliphatic rings. The van der Waals surface area contributed by atoms with Crippen LogP contribution in [0.2, 0.25) is 0 Å². The van der Waals surface area contributed by atoms with E-state index in [2.05, 4.69) is 49.3 Å². The van der Waals surface area contributed by atoms with Gasteiger partial charge >= 0.3 is 0 Å². The van der Waals surface area contributed by atoms with Crippen LogP contribution in [0.1, 0.15) is 28.4 Å². The highest BCUT2D eigenvalue weighted by atomic mass is 32.1. The van der Waals surface area contributed by atoms with E-state index in [4.69, 9.17) is 4.98 Å². The van der Waals surface area contributed by atoms with Gasteiger partial charge in [-0.3, -0.25) is 0 Å². The van der Waals surface area contributed by atoms with E-state index in [0.29, 0.717) is 6.04 Å². The van der Waals surface area contributed by atoms with Gasteiger partial charge in [-0.05, 0) is 45.0 Å². The van der Waals surface area contributed by atoms with Crippen molar-refractivity contribution >= 4 is 17.0 Å². The van der Waals surface area contributed by atoms with Crippen molar-refractivity contribution < 1.29 is 0 Å². The number of benzene rings is 1. The van der Waals surface area contributed by atoms with Gasteiger partial charge in [0.05, 0.1) is 10.7 Å². The molecule has 0 amide bonds. The van der Waals surface area contributed by atoms with Crippen molar-refractivity contribution in [3.05, 3.63) is 33.6 Å². The fourth-order valence-electron chi connectivity index (χ4n) is 2.79. The summed E-state index contributed by atoms with van der Waals surface area (Å²) in [4.78, 5) is 8.41. The molecule has 0 radical (unpaired) electrons. The summed E-state index contributed by atoms with van der Waals surface area (Å²) in [6.45, 7) is 5.40. The van der Waals surface area contributed by atoms with Crippen molar-refractivity contribution in [1.82, 2.24) is 10.3 Å². The van der Waals surface area contributed by atoms with Gasteiger partial charge in [0, 0.05) is 35.8 Å². The minimum absolute atomic E-state index is 0.340. The van der Waals surface area contributed by atoms with Crippen molar-refractivity contribution in [1.29, 1.82) is 0 Å². The number of anilines is 1. The molecular weight excluding hydrogens is 266 g/mol. The minimum atomic E-state index is 0.340. The maximum absolute atomic E-state index is 4.76. The maximum atomic E-state index is 4.76. The van der Waals surface area contributed by atoms with Crippen molar-refractivity contribution in [3.8, 4) is 11.3 Å². The SMILES string of the molecule is CNC(C)c1sc(C)nc1-c1ccc2c(c1)CCN2C. The van der Waals surface area contributed by atoms with Crippen LogP contribution in [-0.2, 0) is 6.42 Å². The summed E-state index contributed by atoms with van der Waals surface area (Å²) in [5.41, 5.74) is 5.20. The Bertz CT molecular complexity index is 633. The molecule has 1 aromatic heterocycles. The molecule has 1 aromatic carbocycles. The average Bonchev–Trinajstić information content (AvgIpc) is 3.01. The number of aromatic nitrogens is 1. The van der Waals surface area contributed by atoms with Crippen LogP contribution in [-0.4, -0.2) is 25.6 Å². The van der Waals surface area contributed by atoms with Gasteiger partial charge in [0.15, 0.2) is 0 Å². The van der Waals surface area contributed by atoms with E-state index in [1.54, 1.807) is 11.3 Å². The molecule has 2 heterocycles. The van der Waals surface area contributed by atoms with E-state index in [0.717, 1.165) is 23.7 Å². The first-order valence-corrected chi connectivity index (χ1v) is 7.91. The van der Waals surface area contributed by atoms with Crippen LogP contribution < -0.4 is 10.2 Å². The largest absolute Gasteiger partial charge is 0.374 e. The van der Waals surface area contributed by atoms with Crippen LogP contribution in [0.4, 0.5) is 5.69 Å². The fourth-order valence-corrected chi connectivity index (χ4v) is 3.80. The summed E-state index contributed by atoms with van der Waals surface area (Å²) >= 11 is 1.79. The fraction of sp³-hybridized carbons (Fsp3) is 0.438. The number of nitrogens with one attached hydrogen (secondary N) is 1. The van der Waals surface area contributed by atoms with E-state index in [1.807, 2.05) is 7.05 Å². The lowest BCUT2D eigenvalue weighted by atomic mass is 10.0. The smallest absolute Gasteiger partial charge is 0.0905 e. The molecule has 3 nitrogen and oxygen atoms in total. The molecule has 1 aliphatic heterocycles. The predicted molar refractivity (Wildman–Crippen MR) is 86.7 cm³/mol. The molecule has 1 atom stereocenters. The Morgan fingerprint density at radius 2 is 2.20 bits per heavy atom. The normalized spacial score (nSPS) is 15.5. The van der Waals surface area contributed by atoms with Gasteiger partial charge in [-0.2, -0.15) is 0 Å². The average molecular weight is 287 g/mol. The first-order chi connectivity index (χ1) is 9.60. The Morgan fingerprint density at radius 3 is 2.95 bits per heavy atom. The van der Waals surface area contributed by atoms with Gasteiger partial charge in [-0.15, -0.1) is 11.3 Å².